The summed E-state index contributed by atoms with van der Waals surface area (Å²) >= 11 is 0. The van der Waals surface area contributed by atoms with E-state index in [0.29, 0.717) is 22.7 Å². The zero-order chi connectivity index (χ0) is 23.3. The summed E-state index contributed by atoms with van der Waals surface area (Å²) in [4.78, 5) is 11.5. The van der Waals surface area contributed by atoms with Crippen molar-refractivity contribution in [1.82, 2.24) is 0 Å². The molecular formula is C30H50O2. The molecular weight excluding hydrogens is 392 g/mol. The number of esters is 1. The van der Waals surface area contributed by atoms with E-state index >= 15 is 0 Å². The Balaban J connectivity index is 1.46. The largest absolute Gasteiger partial charge is 0.463 e. The maximum absolute atomic E-state index is 11.5. The van der Waals surface area contributed by atoms with E-state index in [9.17, 15) is 4.79 Å². The van der Waals surface area contributed by atoms with E-state index in [0.717, 1.165) is 48.3 Å². The molecule has 32 heavy (non-hydrogen) atoms. The van der Waals surface area contributed by atoms with Crippen LogP contribution in [0, 0.1) is 58.2 Å². The molecule has 4 aliphatic carbocycles. The SMILES string of the molecule is CC(=O)O[C@H]1CC[C@@]2(C)[C@@H](CC[C@@H]3[C@@H]2CC[C@]2(C)[C@@H]([C@H](C)C=C[C@H](C)C(C)C)CC[C@@H]32)C1. The molecule has 0 radical (unpaired) electrons. The Morgan fingerprint density at radius 1 is 0.875 bits per heavy atom. The van der Waals surface area contributed by atoms with E-state index in [1.165, 1.54) is 44.9 Å². The van der Waals surface area contributed by atoms with E-state index in [-0.39, 0.29) is 12.1 Å². The zero-order valence-electron chi connectivity index (χ0n) is 22.0. The molecule has 0 amide bonds. The minimum atomic E-state index is -0.0938. The van der Waals surface area contributed by atoms with E-state index < -0.39 is 0 Å². The van der Waals surface area contributed by atoms with Gasteiger partial charge < -0.3 is 4.74 Å². The lowest BCUT2D eigenvalue weighted by molar-refractivity contribution is -0.160. The smallest absolute Gasteiger partial charge is 0.302 e. The maximum atomic E-state index is 11.5. The van der Waals surface area contributed by atoms with Crippen LogP contribution >= 0.6 is 0 Å². The minimum Gasteiger partial charge on any atom is -0.463 e. The Kier molecular flexibility index (Phi) is 6.92. The quantitative estimate of drug-likeness (QED) is 0.318. The van der Waals surface area contributed by atoms with Crippen molar-refractivity contribution in [2.45, 2.75) is 112 Å². The molecule has 4 rings (SSSR count). The fraction of sp³-hybridized carbons (Fsp3) is 0.900. The van der Waals surface area contributed by atoms with E-state index in [2.05, 4.69) is 53.7 Å². The fourth-order valence-corrected chi connectivity index (χ4v) is 9.17. The summed E-state index contributed by atoms with van der Waals surface area (Å²) in [5.74, 6) is 6.37. The van der Waals surface area contributed by atoms with E-state index in [4.69, 9.17) is 4.74 Å². The topological polar surface area (TPSA) is 26.3 Å². The van der Waals surface area contributed by atoms with Gasteiger partial charge in [-0.2, -0.15) is 0 Å². The van der Waals surface area contributed by atoms with Crippen molar-refractivity contribution >= 4 is 5.97 Å². The molecule has 0 spiro atoms. The number of allylic oxidation sites excluding steroid dienone is 2. The Bertz CT molecular complexity index is 710. The molecule has 2 nitrogen and oxygen atoms in total. The third kappa shape index (κ3) is 4.22. The van der Waals surface area contributed by atoms with Crippen molar-refractivity contribution < 1.29 is 9.53 Å². The monoisotopic (exact) mass is 442 g/mol. The Morgan fingerprint density at radius 3 is 2.25 bits per heavy atom. The molecule has 0 N–H and O–H groups in total. The van der Waals surface area contributed by atoms with Gasteiger partial charge in [0, 0.05) is 6.92 Å². The van der Waals surface area contributed by atoms with Crippen LogP contribution in [0.5, 0.6) is 0 Å². The third-order valence-corrected chi connectivity index (χ3v) is 11.4. The summed E-state index contributed by atoms with van der Waals surface area (Å²) in [5, 5.41) is 0. The summed E-state index contributed by atoms with van der Waals surface area (Å²) in [6.07, 6.45) is 17.2. The maximum Gasteiger partial charge on any atom is 0.302 e. The number of hydrogen-bond acceptors (Lipinski definition) is 2. The number of ether oxygens (including phenoxy) is 1. The lowest BCUT2D eigenvalue weighted by Gasteiger charge is -2.61. The number of rotatable bonds is 5. The average Bonchev–Trinajstić information content (AvgIpc) is 3.08. The van der Waals surface area contributed by atoms with Gasteiger partial charge in [0.25, 0.3) is 0 Å². The number of carbonyl (C=O) groups excluding carboxylic acids is 1. The molecule has 0 saturated heterocycles. The predicted octanol–water partition coefficient (Wildman–Crippen LogP) is 8.06. The third-order valence-electron chi connectivity index (χ3n) is 11.4. The molecule has 10 atom stereocenters. The molecule has 4 aliphatic rings. The van der Waals surface area contributed by atoms with Crippen molar-refractivity contribution in [2.75, 3.05) is 0 Å². The van der Waals surface area contributed by atoms with Crippen LogP contribution < -0.4 is 0 Å². The highest BCUT2D eigenvalue weighted by atomic mass is 16.5. The van der Waals surface area contributed by atoms with Gasteiger partial charge in [-0.1, -0.05) is 53.7 Å². The standard InChI is InChI=1S/C30H50O2/c1-19(2)20(3)8-9-21(4)26-12-13-27-25-11-10-23-18-24(32-22(5)31)14-16-29(23,6)28(25)15-17-30(26,27)7/h8-9,19-21,23-28H,10-18H2,1-7H3/t20-,21+,23-,24-,25-,26+,27-,28-,29-,30+/m0/s1. The molecule has 4 saturated carbocycles. The Morgan fingerprint density at radius 2 is 1.56 bits per heavy atom. The molecule has 182 valence electrons. The molecule has 0 aromatic carbocycles. The van der Waals surface area contributed by atoms with Crippen LogP contribution in [-0.4, -0.2) is 12.1 Å². The van der Waals surface area contributed by atoms with Gasteiger partial charge in [0.05, 0.1) is 0 Å². The minimum absolute atomic E-state index is 0.0938. The van der Waals surface area contributed by atoms with Crippen LogP contribution in [0.3, 0.4) is 0 Å². The van der Waals surface area contributed by atoms with Crippen LogP contribution in [0.4, 0.5) is 0 Å². The van der Waals surface area contributed by atoms with Crippen LogP contribution in [0.2, 0.25) is 0 Å². The van der Waals surface area contributed by atoms with Gasteiger partial charge in [-0.05, 0) is 116 Å². The van der Waals surface area contributed by atoms with Gasteiger partial charge in [0.1, 0.15) is 6.10 Å². The summed E-state index contributed by atoms with van der Waals surface area (Å²) in [5.41, 5.74) is 1.00. The van der Waals surface area contributed by atoms with Gasteiger partial charge in [-0.15, -0.1) is 0 Å². The fourth-order valence-electron chi connectivity index (χ4n) is 9.17. The van der Waals surface area contributed by atoms with Gasteiger partial charge >= 0.3 is 5.97 Å². The summed E-state index contributed by atoms with van der Waals surface area (Å²) < 4.78 is 5.66. The first-order chi connectivity index (χ1) is 15.1. The Labute approximate surface area is 198 Å². The van der Waals surface area contributed by atoms with E-state index in [1.54, 1.807) is 6.92 Å². The second-order valence-electron chi connectivity index (χ2n) is 13.2. The van der Waals surface area contributed by atoms with Crippen LogP contribution in [0.25, 0.3) is 0 Å². The van der Waals surface area contributed by atoms with Gasteiger partial charge in [-0.25, -0.2) is 0 Å². The van der Waals surface area contributed by atoms with Crippen LogP contribution in [0.15, 0.2) is 12.2 Å². The number of hydrogen-bond donors (Lipinski definition) is 0. The van der Waals surface area contributed by atoms with Gasteiger partial charge in [-0.3, -0.25) is 4.79 Å². The molecule has 0 unspecified atom stereocenters. The molecule has 0 aromatic rings. The highest BCUT2D eigenvalue weighted by molar-refractivity contribution is 5.66. The molecule has 2 heteroatoms. The lowest BCUT2D eigenvalue weighted by atomic mass is 9.44. The number of fused-ring (bicyclic) bond motifs is 5. The highest BCUT2D eigenvalue weighted by Crippen LogP contribution is 2.68. The summed E-state index contributed by atoms with van der Waals surface area (Å²) in [6.45, 7) is 16.4. The normalized spacial score (nSPS) is 45.8. The van der Waals surface area contributed by atoms with Crippen molar-refractivity contribution in [2.24, 2.45) is 58.2 Å². The molecule has 0 bridgehead atoms. The zero-order valence-corrected chi connectivity index (χ0v) is 22.0. The second kappa shape index (κ2) is 9.10. The van der Waals surface area contributed by atoms with Gasteiger partial charge in [0.15, 0.2) is 0 Å². The second-order valence-corrected chi connectivity index (χ2v) is 13.2. The van der Waals surface area contributed by atoms with Crippen molar-refractivity contribution in [3.05, 3.63) is 12.2 Å². The Hall–Kier alpha value is -0.790. The van der Waals surface area contributed by atoms with Crippen LogP contribution in [-0.2, 0) is 9.53 Å². The van der Waals surface area contributed by atoms with Gasteiger partial charge in [0.2, 0.25) is 0 Å². The molecule has 0 aromatic heterocycles. The van der Waals surface area contributed by atoms with Crippen molar-refractivity contribution in [1.29, 1.82) is 0 Å². The summed E-state index contributed by atoms with van der Waals surface area (Å²) in [6, 6.07) is 0. The molecule has 4 fully saturated rings. The first-order valence-electron chi connectivity index (χ1n) is 13.9. The van der Waals surface area contributed by atoms with Crippen molar-refractivity contribution in [3.8, 4) is 0 Å². The average molecular weight is 443 g/mol. The van der Waals surface area contributed by atoms with Crippen molar-refractivity contribution in [3.63, 3.8) is 0 Å². The summed E-state index contributed by atoms with van der Waals surface area (Å²) in [7, 11) is 0. The lowest BCUT2D eigenvalue weighted by Crippen LogP contribution is -2.54. The predicted molar refractivity (Wildman–Crippen MR) is 133 cm³/mol. The first-order valence-corrected chi connectivity index (χ1v) is 13.9. The number of carbonyl (C=O) groups is 1. The highest BCUT2D eigenvalue weighted by Gasteiger charge is 2.60. The van der Waals surface area contributed by atoms with E-state index in [1.807, 2.05) is 0 Å². The van der Waals surface area contributed by atoms with Crippen LogP contribution in [0.1, 0.15) is 106 Å². The first kappa shape index (κ1) is 24.3. The molecule has 0 aliphatic heterocycles. The molecule has 0 heterocycles.